The number of nitrogens with one attached hydrogen (secondary N) is 1. The molecule has 1 aliphatic rings. The molecule has 1 aromatic rings. The van der Waals surface area contributed by atoms with E-state index in [0.29, 0.717) is 0 Å². The third-order valence-corrected chi connectivity index (χ3v) is 4.16. The maximum absolute atomic E-state index is 4.15. The van der Waals surface area contributed by atoms with Gasteiger partial charge < -0.3 is 5.32 Å². The Kier molecular flexibility index (Phi) is 4.84. The molecule has 17 heavy (non-hydrogen) atoms. The molecule has 94 valence electrons. The summed E-state index contributed by atoms with van der Waals surface area (Å²) < 4.78 is 1.04. The largest absolute Gasteiger partial charge is 0.384 e. The van der Waals surface area contributed by atoms with Crippen molar-refractivity contribution in [3.63, 3.8) is 0 Å². The average Bonchev–Trinajstić information content (AvgIpc) is 2.32. The first-order valence-corrected chi connectivity index (χ1v) is 7.38. The van der Waals surface area contributed by atoms with Gasteiger partial charge in [0.05, 0.1) is 11.9 Å². The lowest BCUT2D eigenvalue weighted by molar-refractivity contribution is 0.282. The molecule has 1 saturated carbocycles. The zero-order chi connectivity index (χ0) is 12.1. The zero-order valence-electron chi connectivity index (χ0n) is 10.5. The Morgan fingerprint density at radius 3 is 2.76 bits per heavy atom. The van der Waals surface area contributed by atoms with Crippen LogP contribution in [0.2, 0.25) is 0 Å². The Hall–Kier alpha value is -0.570. The SMILES string of the molecule is CC1CCC(CCNc2cncc(Br)c2)CC1. The van der Waals surface area contributed by atoms with Gasteiger partial charge in [0.25, 0.3) is 0 Å². The second-order valence-electron chi connectivity index (χ2n) is 5.23. The van der Waals surface area contributed by atoms with Crippen molar-refractivity contribution in [3.05, 3.63) is 22.9 Å². The number of hydrogen-bond donors (Lipinski definition) is 1. The predicted molar refractivity (Wildman–Crippen MR) is 76.2 cm³/mol. The number of halogens is 1. The van der Waals surface area contributed by atoms with E-state index in [1.54, 1.807) is 0 Å². The van der Waals surface area contributed by atoms with Crippen LogP contribution in [0.4, 0.5) is 5.69 Å². The van der Waals surface area contributed by atoms with Crippen molar-refractivity contribution in [1.29, 1.82) is 0 Å². The highest BCUT2D eigenvalue weighted by molar-refractivity contribution is 9.10. The van der Waals surface area contributed by atoms with Crippen LogP contribution in [0.5, 0.6) is 0 Å². The Morgan fingerprint density at radius 2 is 2.06 bits per heavy atom. The maximum Gasteiger partial charge on any atom is 0.0538 e. The maximum atomic E-state index is 4.15. The first kappa shape index (κ1) is 12.9. The van der Waals surface area contributed by atoms with Crippen molar-refractivity contribution in [3.8, 4) is 0 Å². The summed E-state index contributed by atoms with van der Waals surface area (Å²) in [6.07, 6.45) is 10.7. The molecule has 0 aliphatic heterocycles. The van der Waals surface area contributed by atoms with Gasteiger partial charge in [-0.1, -0.05) is 32.6 Å². The Balaban J connectivity index is 1.69. The van der Waals surface area contributed by atoms with E-state index in [1.165, 1.54) is 32.1 Å². The van der Waals surface area contributed by atoms with Crippen LogP contribution in [-0.4, -0.2) is 11.5 Å². The van der Waals surface area contributed by atoms with E-state index >= 15 is 0 Å². The quantitative estimate of drug-likeness (QED) is 0.886. The highest BCUT2D eigenvalue weighted by atomic mass is 79.9. The normalized spacial score (nSPS) is 24.6. The minimum atomic E-state index is 0.929. The van der Waals surface area contributed by atoms with Gasteiger partial charge >= 0.3 is 0 Å². The molecule has 1 aliphatic carbocycles. The smallest absolute Gasteiger partial charge is 0.0538 e. The van der Waals surface area contributed by atoms with Gasteiger partial charge in [-0.05, 0) is 40.3 Å². The number of rotatable bonds is 4. The fourth-order valence-corrected chi connectivity index (χ4v) is 2.91. The standard InChI is InChI=1S/C14H21BrN2/c1-11-2-4-12(5-3-11)6-7-17-14-8-13(15)9-16-10-14/h8-12,17H,2-7H2,1H3. The van der Waals surface area contributed by atoms with Gasteiger partial charge in [0.15, 0.2) is 0 Å². The van der Waals surface area contributed by atoms with Crippen molar-refractivity contribution in [2.45, 2.75) is 39.0 Å². The molecule has 2 nitrogen and oxygen atoms in total. The van der Waals surface area contributed by atoms with Gasteiger partial charge in [0.1, 0.15) is 0 Å². The molecule has 1 N–H and O–H groups in total. The Morgan fingerprint density at radius 1 is 1.29 bits per heavy atom. The molecule has 0 radical (unpaired) electrons. The van der Waals surface area contributed by atoms with E-state index in [0.717, 1.165) is 28.5 Å². The molecular formula is C14H21BrN2. The predicted octanol–water partition coefficient (Wildman–Crippen LogP) is 4.47. The summed E-state index contributed by atoms with van der Waals surface area (Å²) in [6.45, 7) is 3.44. The topological polar surface area (TPSA) is 24.9 Å². The lowest BCUT2D eigenvalue weighted by Gasteiger charge is -2.26. The molecule has 2 rings (SSSR count). The molecule has 0 spiro atoms. The fraction of sp³-hybridized carbons (Fsp3) is 0.643. The first-order valence-electron chi connectivity index (χ1n) is 6.58. The highest BCUT2D eigenvalue weighted by Gasteiger charge is 2.17. The first-order chi connectivity index (χ1) is 8.24. The number of pyridine rings is 1. The summed E-state index contributed by atoms with van der Waals surface area (Å²) >= 11 is 3.43. The third-order valence-electron chi connectivity index (χ3n) is 3.72. The van der Waals surface area contributed by atoms with E-state index < -0.39 is 0 Å². The molecule has 0 amide bonds. The van der Waals surface area contributed by atoms with Crippen molar-refractivity contribution < 1.29 is 0 Å². The third kappa shape index (κ3) is 4.30. The lowest BCUT2D eigenvalue weighted by Crippen LogP contribution is -2.15. The van der Waals surface area contributed by atoms with Crippen LogP contribution >= 0.6 is 15.9 Å². The van der Waals surface area contributed by atoms with Crippen molar-refractivity contribution in [2.24, 2.45) is 11.8 Å². The minimum Gasteiger partial charge on any atom is -0.384 e. The van der Waals surface area contributed by atoms with Crippen molar-refractivity contribution in [1.82, 2.24) is 4.98 Å². The summed E-state index contributed by atoms with van der Waals surface area (Å²) in [5.41, 5.74) is 1.11. The summed E-state index contributed by atoms with van der Waals surface area (Å²) in [6, 6.07) is 2.08. The van der Waals surface area contributed by atoms with Crippen LogP contribution < -0.4 is 5.32 Å². The highest BCUT2D eigenvalue weighted by Crippen LogP contribution is 2.30. The van der Waals surface area contributed by atoms with Crippen LogP contribution in [0, 0.1) is 11.8 Å². The summed E-state index contributed by atoms with van der Waals surface area (Å²) in [4.78, 5) is 4.15. The molecule has 3 heteroatoms. The second-order valence-corrected chi connectivity index (χ2v) is 6.15. The second kappa shape index (κ2) is 6.39. The van der Waals surface area contributed by atoms with Gasteiger partial charge in [0.2, 0.25) is 0 Å². The molecule has 0 atom stereocenters. The van der Waals surface area contributed by atoms with Gasteiger partial charge in [-0.25, -0.2) is 0 Å². The molecular weight excluding hydrogens is 276 g/mol. The number of hydrogen-bond acceptors (Lipinski definition) is 2. The molecule has 0 bridgehead atoms. The number of nitrogens with zero attached hydrogens (tertiary/aromatic N) is 1. The van der Waals surface area contributed by atoms with Crippen LogP contribution in [0.3, 0.4) is 0 Å². The molecule has 0 unspecified atom stereocenters. The van der Waals surface area contributed by atoms with Gasteiger partial charge in [-0.15, -0.1) is 0 Å². The molecule has 1 heterocycles. The fourth-order valence-electron chi connectivity index (χ4n) is 2.55. The van der Waals surface area contributed by atoms with Gasteiger partial charge in [-0.3, -0.25) is 4.98 Å². The number of anilines is 1. The lowest BCUT2D eigenvalue weighted by atomic mass is 9.81. The van der Waals surface area contributed by atoms with Crippen molar-refractivity contribution in [2.75, 3.05) is 11.9 Å². The van der Waals surface area contributed by atoms with E-state index in [-0.39, 0.29) is 0 Å². The zero-order valence-corrected chi connectivity index (χ0v) is 12.0. The summed E-state index contributed by atoms with van der Waals surface area (Å²) in [5.74, 6) is 1.88. The van der Waals surface area contributed by atoms with Crippen LogP contribution in [0.25, 0.3) is 0 Å². The Labute approximate surface area is 112 Å². The number of aromatic nitrogens is 1. The average molecular weight is 297 g/mol. The van der Waals surface area contributed by atoms with Crippen molar-refractivity contribution >= 4 is 21.6 Å². The van der Waals surface area contributed by atoms with Gasteiger partial charge in [0, 0.05) is 17.2 Å². The summed E-state index contributed by atoms with van der Waals surface area (Å²) in [7, 11) is 0. The summed E-state index contributed by atoms with van der Waals surface area (Å²) in [5, 5.41) is 3.45. The molecule has 0 aromatic carbocycles. The molecule has 0 saturated heterocycles. The van der Waals surface area contributed by atoms with E-state index in [1.807, 2.05) is 12.4 Å². The molecule has 1 fully saturated rings. The molecule has 1 aromatic heterocycles. The monoisotopic (exact) mass is 296 g/mol. The van der Waals surface area contributed by atoms with Crippen LogP contribution in [-0.2, 0) is 0 Å². The van der Waals surface area contributed by atoms with E-state index in [2.05, 4.69) is 39.2 Å². The van der Waals surface area contributed by atoms with E-state index in [4.69, 9.17) is 0 Å². The van der Waals surface area contributed by atoms with E-state index in [9.17, 15) is 0 Å². The minimum absolute atomic E-state index is 0.929. The Bertz CT molecular complexity index is 346. The van der Waals surface area contributed by atoms with Crippen LogP contribution in [0.15, 0.2) is 22.9 Å². The van der Waals surface area contributed by atoms with Gasteiger partial charge in [-0.2, -0.15) is 0 Å². The van der Waals surface area contributed by atoms with Crippen LogP contribution in [0.1, 0.15) is 39.0 Å².